The van der Waals surface area contributed by atoms with Gasteiger partial charge in [-0.3, -0.25) is 4.79 Å². The number of hydrogen-bond acceptors (Lipinski definition) is 4. The molecule has 1 heterocycles. The van der Waals surface area contributed by atoms with Crippen LogP contribution in [0.1, 0.15) is 12.0 Å². The lowest BCUT2D eigenvalue weighted by Gasteiger charge is -2.29. The van der Waals surface area contributed by atoms with Crippen molar-refractivity contribution in [1.82, 2.24) is 15.1 Å². The maximum atomic E-state index is 12.2. The molecule has 0 atom stereocenters. The summed E-state index contributed by atoms with van der Waals surface area (Å²) in [5.74, 6) is 0.267. The van der Waals surface area contributed by atoms with Gasteiger partial charge >= 0.3 is 0 Å². The van der Waals surface area contributed by atoms with Crippen LogP contribution in [0.5, 0.6) is 0 Å². The molecule has 1 fully saturated rings. The van der Waals surface area contributed by atoms with E-state index in [2.05, 4.69) is 34.5 Å². The topological polar surface area (TPSA) is 61.6 Å². The van der Waals surface area contributed by atoms with Gasteiger partial charge in [-0.2, -0.15) is 0 Å². The molecule has 5 heteroatoms. The van der Waals surface area contributed by atoms with E-state index in [0.29, 0.717) is 13.0 Å². The molecule has 1 aliphatic rings. The lowest BCUT2D eigenvalue weighted by atomic mass is 10.1. The number of nitrogens with zero attached hydrogens (tertiary/aromatic N) is 2. The van der Waals surface area contributed by atoms with Crippen molar-refractivity contribution in [3.05, 3.63) is 35.9 Å². The number of piperazine rings is 1. The van der Waals surface area contributed by atoms with E-state index in [1.54, 1.807) is 0 Å². The van der Waals surface area contributed by atoms with Crippen LogP contribution in [0.3, 0.4) is 0 Å². The fourth-order valence-corrected chi connectivity index (χ4v) is 2.78. The van der Waals surface area contributed by atoms with Crippen LogP contribution in [0.15, 0.2) is 30.3 Å². The van der Waals surface area contributed by atoms with Crippen molar-refractivity contribution >= 4 is 5.91 Å². The molecule has 0 saturated carbocycles. The highest BCUT2D eigenvalue weighted by atomic mass is 16.2. The second kappa shape index (κ2) is 9.56. The summed E-state index contributed by atoms with van der Waals surface area (Å²) >= 11 is 0. The first-order chi connectivity index (χ1) is 10.8. The summed E-state index contributed by atoms with van der Waals surface area (Å²) in [4.78, 5) is 16.5. The summed E-state index contributed by atoms with van der Waals surface area (Å²) in [6.45, 7) is 6.72. The fourth-order valence-electron chi connectivity index (χ4n) is 2.78. The summed E-state index contributed by atoms with van der Waals surface area (Å²) in [6.07, 6.45) is 1.59. The first kappa shape index (κ1) is 16.9. The normalized spacial score (nSPS) is 15.3. The molecule has 5 nitrogen and oxygen atoms in total. The highest BCUT2D eigenvalue weighted by molar-refractivity contribution is 5.76. The van der Waals surface area contributed by atoms with Crippen molar-refractivity contribution < 1.29 is 4.79 Å². The summed E-state index contributed by atoms with van der Waals surface area (Å²) in [5.41, 5.74) is 7.03. The van der Waals surface area contributed by atoms with E-state index in [9.17, 15) is 4.79 Å². The van der Waals surface area contributed by atoms with Crippen molar-refractivity contribution in [2.45, 2.75) is 12.8 Å². The lowest BCUT2D eigenvalue weighted by molar-refractivity contribution is -0.132. The monoisotopic (exact) mass is 304 g/mol. The Bertz CT molecular complexity index is 432. The average molecular weight is 304 g/mol. The van der Waals surface area contributed by atoms with Crippen LogP contribution in [0.4, 0.5) is 0 Å². The van der Waals surface area contributed by atoms with Crippen LogP contribution in [-0.2, 0) is 11.2 Å². The summed E-state index contributed by atoms with van der Waals surface area (Å²) < 4.78 is 0. The van der Waals surface area contributed by atoms with E-state index in [-0.39, 0.29) is 5.91 Å². The van der Waals surface area contributed by atoms with Crippen LogP contribution in [0.25, 0.3) is 0 Å². The van der Waals surface area contributed by atoms with E-state index in [0.717, 1.165) is 52.2 Å². The third-order valence-corrected chi connectivity index (χ3v) is 4.12. The Kier molecular flexibility index (Phi) is 7.36. The van der Waals surface area contributed by atoms with Gasteiger partial charge in [0.2, 0.25) is 5.91 Å². The Labute approximate surface area is 133 Å². The maximum absolute atomic E-state index is 12.2. The molecular formula is C17H28N4O. The number of carbonyl (C=O) groups excluding carboxylic acids is 1. The van der Waals surface area contributed by atoms with E-state index in [4.69, 9.17) is 5.73 Å². The van der Waals surface area contributed by atoms with Crippen LogP contribution < -0.4 is 11.1 Å². The van der Waals surface area contributed by atoms with Crippen molar-refractivity contribution in [2.24, 2.45) is 5.73 Å². The zero-order chi connectivity index (χ0) is 15.6. The van der Waals surface area contributed by atoms with Gasteiger partial charge in [0, 0.05) is 58.8 Å². The molecule has 2 rings (SSSR count). The minimum atomic E-state index is 0.267. The van der Waals surface area contributed by atoms with Gasteiger partial charge in [-0.05, 0) is 12.0 Å². The lowest BCUT2D eigenvalue weighted by Crippen LogP contribution is -2.47. The summed E-state index contributed by atoms with van der Waals surface area (Å²) in [6, 6.07) is 10.5. The van der Waals surface area contributed by atoms with Gasteiger partial charge in [-0.1, -0.05) is 30.3 Å². The predicted octanol–water partition coefficient (Wildman–Crippen LogP) is 0.312. The van der Waals surface area contributed by atoms with Crippen molar-refractivity contribution in [1.29, 1.82) is 0 Å². The molecule has 22 heavy (non-hydrogen) atoms. The van der Waals surface area contributed by atoms with E-state index < -0.39 is 0 Å². The Morgan fingerprint density at radius 1 is 1.14 bits per heavy atom. The fraction of sp³-hybridized carbons (Fsp3) is 0.588. The number of rotatable bonds is 8. The largest absolute Gasteiger partial charge is 0.340 e. The van der Waals surface area contributed by atoms with Gasteiger partial charge in [0.25, 0.3) is 0 Å². The molecule has 0 bridgehead atoms. The highest BCUT2D eigenvalue weighted by Gasteiger charge is 2.16. The van der Waals surface area contributed by atoms with Crippen LogP contribution in [-0.4, -0.2) is 68.1 Å². The van der Waals surface area contributed by atoms with Gasteiger partial charge in [-0.25, -0.2) is 0 Å². The Morgan fingerprint density at radius 2 is 1.86 bits per heavy atom. The quantitative estimate of drug-likeness (QED) is 0.726. The minimum Gasteiger partial charge on any atom is -0.340 e. The first-order valence-electron chi connectivity index (χ1n) is 8.24. The van der Waals surface area contributed by atoms with E-state index in [1.807, 2.05) is 11.0 Å². The third-order valence-electron chi connectivity index (χ3n) is 4.12. The second-order valence-electron chi connectivity index (χ2n) is 5.75. The molecule has 1 aromatic rings. The second-order valence-corrected chi connectivity index (χ2v) is 5.75. The van der Waals surface area contributed by atoms with Crippen molar-refractivity contribution in [3.63, 3.8) is 0 Å². The molecule has 122 valence electrons. The molecule has 0 unspecified atom stereocenters. The predicted molar refractivity (Wildman–Crippen MR) is 89.7 cm³/mol. The maximum Gasteiger partial charge on any atom is 0.223 e. The Hall–Kier alpha value is -1.43. The van der Waals surface area contributed by atoms with Gasteiger partial charge in [0.15, 0.2) is 0 Å². The zero-order valence-corrected chi connectivity index (χ0v) is 13.3. The number of nitrogens with one attached hydrogen (secondary N) is 1. The van der Waals surface area contributed by atoms with Crippen LogP contribution >= 0.6 is 0 Å². The van der Waals surface area contributed by atoms with Crippen molar-refractivity contribution in [2.75, 3.05) is 52.4 Å². The molecule has 1 aromatic carbocycles. The Morgan fingerprint density at radius 3 is 2.55 bits per heavy atom. The van der Waals surface area contributed by atoms with Gasteiger partial charge in [-0.15, -0.1) is 0 Å². The molecule has 0 radical (unpaired) electrons. The van der Waals surface area contributed by atoms with Crippen LogP contribution in [0.2, 0.25) is 0 Å². The van der Waals surface area contributed by atoms with Crippen molar-refractivity contribution in [3.8, 4) is 0 Å². The number of nitrogens with two attached hydrogens (primary N) is 1. The molecule has 0 spiro atoms. The summed E-state index contributed by atoms with van der Waals surface area (Å²) in [7, 11) is 0. The number of hydrogen-bond donors (Lipinski definition) is 2. The number of carbonyl (C=O) groups is 1. The highest BCUT2D eigenvalue weighted by Crippen LogP contribution is 2.03. The SMILES string of the molecule is NCCN(CCC(=O)N1CCNCC1)CCc1ccccc1. The molecule has 1 aliphatic heterocycles. The van der Waals surface area contributed by atoms with Gasteiger partial charge in [0.05, 0.1) is 0 Å². The minimum absolute atomic E-state index is 0.267. The molecule has 1 saturated heterocycles. The van der Waals surface area contributed by atoms with E-state index in [1.165, 1.54) is 5.56 Å². The molecule has 0 aliphatic carbocycles. The number of benzene rings is 1. The number of amides is 1. The average Bonchev–Trinajstić information content (AvgIpc) is 2.59. The molecule has 0 aromatic heterocycles. The first-order valence-corrected chi connectivity index (χ1v) is 8.24. The smallest absolute Gasteiger partial charge is 0.223 e. The standard InChI is InChI=1S/C17H28N4O/c18-8-13-20(11-6-16-4-2-1-3-5-16)12-7-17(22)21-14-9-19-10-15-21/h1-5,19H,6-15,18H2. The molecule has 1 amide bonds. The van der Waals surface area contributed by atoms with Crippen LogP contribution in [0, 0.1) is 0 Å². The Balaban J connectivity index is 1.74. The zero-order valence-electron chi connectivity index (χ0n) is 13.3. The molecular weight excluding hydrogens is 276 g/mol. The van der Waals surface area contributed by atoms with Gasteiger partial charge in [0.1, 0.15) is 0 Å². The van der Waals surface area contributed by atoms with E-state index >= 15 is 0 Å². The summed E-state index contributed by atoms with van der Waals surface area (Å²) in [5, 5.41) is 3.27. The third kappa shape index (κ3) is 5.75. The molecule has 3 N–H and O–H groups in total. The van der Waals surface area contributed by atoms with Gasteiger partial charge < -0.3 is 20.9 Å².